The number of ether oxygens (including phenoxy) is 1. The maximum absolute atomic E-state index is 12.1. The van der Waals surface area contributed by atoms with E-state index in [-0.39, 0.29) is 17.7 Å². The second-order valence-electron chi connectivity index (χ2n) is 6.10. The number of hydrogen-bond donors (Lipinski definition) is 1. The summed E-state index contributed by atoms with van der Waals surface area (Å²) in [7, 11) is -0.198. The minimum atomic E-state index is -3.27. The van der Waals surface area contributed by atoms with Crippen LogP contribution in [-0.2, 0) is 14.8 Å². The summed E-state index contributed by atoms with van der Waals surface area (Å²) in [5.74, 6) is -0.101. The molecule has 0 saturated carbocycles. The van der Waals surface area contributed by atoms with E-state index < -0.39 is 10.0 Å². The van der Waals surface area contributed by atoms with Crippen molar-refractivity contribution in [2.45, 2.75) is 13.0 Å². The van der Waals surface area contributed by atoms with Gasteiger partial charge in [0.1, 0.15) is 5.52 Å². The van der Waals surface area contributed by atoms with Gasteiger partial charge in [0.05, 0.1) is 25.0 Å². The van der Waals surface area contributed by atoms with E-state index in [4.69, 9.17) is 9.15 Å². The second kappa shape index (κ2) is 6.10. The summed E-state index contributed by atoms with van der Waals surface area (Å²) >= 11 is 0. The van der Waals surface area contributed by atoms with Crippen LogP contribution >= 0.6 is 0 Å². The Morgan fingerprint density at radius 3 is 2.87 bits per heavy atom. The minimum absolute atomic E-state index is 0.0387. The van der Waals surface area contributed by atoms with Crippen molar-refractivity contribution >= 4 is 27.1 Å². The Bertz CT molecular complexity index is 800. The molecule has 1 aromatic heterocycles. The van der Waals surface area contributed by atoms with Gasteiger partial charge in [-0.2, -0.15) is 4.98 Å². The van der Waals surface area contributed by atoms with Crippen LogP contribution in [0.15, 0.2) is 22.6 Å². The molecule has 2 atom stereocenters. The van der Waals surface area contributed by atoms with Crippen LogP contribution in [0.4, 0.5) is 6.01 Å². The first-order valence-electron chi connectivity index (χ1n) is 7.47. The number of hydrogen-bond acceptors (Lipinski definition) is 6. The summed E-state index contributed by atoms with van der Waals surface area (Å²) in [5, 5.41) is 3.18. The van der Waals surface area contributed by atoms with Crippen LogP contribution in [0.5, 0.6) is 0 Å². The highest BCUT2D eigenvalue weighted by molar-refractivity contribution is 7.89. The lowest BCUT2D eigenvalue weighted by Gasteiger charge is -2.20. The Morgan fingerprint density at radius 2 is 2.13 bits per heavy atom. The largest absolute Gasteiger partial charge is 0.424 e. The predicted octanol–water partition coefficient (Wildman–Crippen LogP) is 1.45. The van der Waals surface area contributed by atoms with E-state index in [1.807, 2.05) is 25.1 Å². The van der Waals surface area contributed by atoms with Crippen LogP contribution in [-0.4, -0.2) is 56.8 Å². The summed E-state index contributed by atoms with van der Waals surface area (Å²) in [4.78, 5) is 4.41. The lowest BCUT2D eigenvalue weighted by atomic mass is 10.1. The molecule has 3 rings (SSSR count). The first-order chi connectivity index (χ1) is 10.8. The van der Waals surface area contributed by atoms with Gasteiger partial charge in [-0.05, 0) is 24.6 Å². The Balaban J connectivity index is 1.75. The Kier molecular flexibility index (Phi) is 4.31. The number of rotatable bonds is 5. The number of nitrogens with zero attached hydrogens (tertiary/aromatic N) is 2. The van der Waals surface area contributed by atoms with Crippen molar-refractivity contribution in [2.24, 2.45) is 5.92 Å². The van der Waals surface area contributed by atoms with Crippen molar-refractivity contribution < 1.29 is 17.6 Å². The van der Waals surface area contributed by atoms with E-state index >= 15 is 0 Å². The van der Waals surface area contributed by atoms with E-state index in [1.165, 1.54) is 18.4 Å². The van der Waals surface area contributed by atoms with Crippen LogP contribution in [0.2, 0.25) is 0 Å². The zero-order chi connectivity index (χ0) is 16.6. The molecule has 2 aromatic rings. The molecule has 126 valence electrons. The maximum atomic E-state index is 12.1. The van der Waals surface area contributed by atoms with Crippen molar-refractivity contribution in [1.29, 1.82) is 0 Å². The molecule has 1 fully saturated rings. The van der Waals surface area contributed by atoms with Crippen molar-refractivity contribution in [1.82, 2.24) is 9.29 Å². The fourth-order valence-corrected chi connectivity index (χ4v) is 3.77. The molecule has 0 unspecified atom stereocenters. The van der Waals surface area contributed by atoms with E-state index in [2.05, 4.69) is 10.3 Å². The van der Waals surface area contributed by atoms with Gasteiger partial charge < -0.3 is 14.5 Å². The molecule has 0 amide bonds. The Morgan fingerprint density at radius 1 is 1.35 bits per heavy atom. The number of sulfonamides is 1. The van der Waals surface area contributed by atoms with Crippen LogP contribution in [0, 0.1) is 12.8 Å². The quantitative estimate of drug-likeness (QED) is 0.888. The highest BCUT2D eigenvalue weighted by Gasteiger charge is 2.34. The third-order valence-corrected chi connectivity index (χ3v) is 5.99. The van der Waals surface area contributed by atoms with Gasteiger partial charge in [-0.25, -0.2) is 12.7 Å². The first kappa shape index (κ1) is 16.2. The number of aromatic nitrogens is 1. The topological polar surface area (TPSA) is 84.7 Å². The fourth-order valence-electron chi connectivity index (χ4n) is 2.60. The molecule has 23 heavy (non-hydrogen) atoms. The summed E-state index contributed by atoms with van der Waals surface area (Å²) in [6, 6.07) is 6.04. The van der Waals surface area contributed by atoms with E-state index in [0.29, 0.717) is 24.8 Å². The van der Waals surface area contributed by atoms with Gasteiger partial charge in [0.15, 0.2) is 5.58 Å². The van der Waals surface area contributed by atoms with Gasteiger partial charge in [0.25, 0.3) is 6.01 Å². The minimum Gasteiger partial charge on any atom is -0.424 e. The SMILES string of the molecule is Cc1ccc2oc(N[C@H]3COC[C@H]3CS(=O)(=O)N(C)C)nc2c1. The number of oxazole rings is 1. The van der Waals surface area contributed by atoms with Gasteiger partial charge >= 0.3 is 0 Å². The molecule has 0 spiro atoms. The third kappa shape index (κ3) is 3.49. The number of nitrogens with one attached hydrogen (secondary N) is 1. The third-order valence-electron chi connectivity index (χ3n) is 4.03. The van der Waals surface area contributed by atoms with Gasteiger partial charge in [-0.3, -0.25) is 0 Å². The molecule has 0 aliphatic carbocycles. The molecular formula is C15H21N3O4S. The zero-order valence-electron chi connectivity index (χ0n) is 13.4. The van der Waals surface area contributed by atoms with Crippen molar-refractivity contribution in [3.8, 4) is 0 Å². The molecule has 2 heterocycles. The average molecular weight is 339 g/mol. The summed E-state index contributed by atoms with van der Waals surface area (Å²) in [6.07, 6.45) is 0. The maximum Gasteiger partial charge on any atom is 0.295 e. The van der Waals surface area contributed by atoms with E-state index in [9.17, 15) is 8.42 Å². The highest BCUT2D eigenvalue weighted by atomic mass is 32.2. The molecule has 7 nitrogen and oxygen atoms in total. The van der Waals surface area contributed by atoms with Gasteiger partial charge in [-0.1, -0.05) is 6.07 Å². The lowest BCUT2D eigenvalue weighted by molar-refractivity contribution is 0.187. The predicted molar refractivity (Wildman–Crippen MR) is 87.9 cm³/mol. The molecule has 0 radical (unpaired) electrons. The number of aryl methyl sites for hydroxylation is 1. The Hall–Kier alpha value is -1.64. The molecule has 0 bridgehead atoms. The average Bonchev–Trinajstić information content (AvgIpc) is 3.05. The highest BCUT2D eigenvalue weighted by Crippen LogP contribution is 2.24. The summed E-state index contributed by atoms with van der Waals surface area (Å²) in [6.45, 7) is 2.84. The van der Waals surface area contributed by atoms with Gasteiger partial charge in [-0.15, -0.1) is 0 Å². The van der Waals surface area contributed by atoms with Crippen LogP contribution < -0.4 is 5.32 Å². The molecule has 8 heteroatoms. The molecule has 1 aliphatic rings. The fraction of sp³-hybridized carbons (Fsp3) is 0.533. The van der Waals surface area contributed by atoms with Crippen molar-refractivity contribution in [3.63, 3.8) is 0 Å². The molecular weight excluding hydrogens is 318 g/mol. The monoisotopic (exact) mass is 339 g/mol. The van der Waals surface area contributed by atoms with Crippen molar-refractivity contribution in [3.05, 3.63) is 23.8 Å². The van der Waals surface area contributed by atoms with E-state index in [0.717, 1.165) is 11.1 Å². The number of fused-ring (bicyclic) bond motifs is 1. The molecule has 1 N–H and O–H groups in total. The molecule has 1 saturated heterocycles. The smallest absolute Gasteiger partial charge is 0.295 e. The Labute approximate surface area is 135 Å². The summed E-state index contributed by atoms with van der Waals surface area (Å²) < 4.78 is 36.5. The molecule has 1 aromatic carbocycles. The lowest BCUT2D eigenvalue weighted by Crippen LogP contribution is -2.36. The first-order valence-corrected chi connectivity index (χ1v) is 9.08. The standard InChI is InChI=1S/C15H21N3O4S/c1-10-4-5-14-12(6-10)16-15(22-14)17-13-8-21-7-11(13)9-23(19,20)18(2)3/h4-6,11,13H,7-9H2,1-3H3,(H,16,17)/t11-,13-/m0/s1. The van der Waals surface area contributed by atoms with Crippen LogP contribution in [0.25, 0.3) is 11.1 Å². The number of anilines is 1. The normalized spacial score (nSPS) is 22.1. The van der Waals surface area contributed by atoms with Crippen LogP contribution in [0.3, 0.4) is 0 Å². The van der Waals surface area contributed by atoms with E-state index in [1.54, 1.807) is 0 Å². The van der Waals surface area contributed by atoms with Crippen LogP contribution in [0.1, 0.15) is 5.56 Å². The van der Waals surface area contributed by atoms with Gasteiger partial charge in [0.2, 0.25) is 10.0 Å². The second-order valence-corrected chi connectivity index (χ2v) is 8.33. The van der Waals surface area contributed by atoms with Crippen molar-refractivity contribution in [2.75, 3.05) is 38.4 Å². The molecule has 1 aliphatic heterocycles. The zero-order valence-corrected chi connectivity index (χ0v) is 14.3. The number of benzene rings is 1. The van der Waals surface area contributed by atoms with Gasteiger partial charge in [0, 0.05) is 20.0 Å². The summed E-state index contributed by atoms with van der Waals surface area (Å²) in [5.41, 5.74) is 2.59.